The van der Waals surface area contributed by atoms with Gasteiger partial charge >= 0.3 is 5.97 Å². The van der Waals surface area contributed by atoms with Gasteiger partial charge in [0.15, 0.2) is 0 Å². The van der Waals surface area contributed by atoms with Gasteiger partial charge in [0.25, 0.3) is 11.6 Å². The van der Waals surface area contributed by atoms with Crippen molar-refractivity contribution in [2.75, 3.05) is 6.61 Å². The maximum Gasteiger partial charge on any atom is 0.302 e. The standard InChI is InChI=1S/C13H16N2O4/c1-7-5-15-10-3-9(11(4-10)19-8(2)16)6-18-13(15)14-12(7)17/h5,9-11H,3-4,6H2,1-2H3/t9-,10-,11+/m1/s1. The minimum atomic E-state index is -0.259. The summed E-state index contributed by atoms with van der Waals surface area (Å²) in [6.45, 7) is 3.60. The Bertz CT molecular complexity index is 580. The number of aryl methyl sites for hydroxylation is 1. The Morgan fingerprint density at radius 3 is 3.05 bits per heavy atom. The van der Waals surface area contributed by atoms with Crippen LogP contribution in [-0.2, 0) is 9.53 Å². The Labute approximate surface area is 110 Å². The summed E-state index contributed by atoms with van der Waals surface area (Å²) in [5.41, 5.74) is 0.349. The molecule has 0 unspecified atom stereocenters. The van der Waals surface area contributed by atoms with Crippen LogP contribution in [-0.4, -0.2) is 28.2 Å². The Balaban J connectivity index is 1.93. The minimum absolute atomic E-state index is 0.101. The van der Waals surface area contributed by atoms with Gasteiger partial charge in [-0.2, -0.15) is 4.98 Å². The van der Waals surface area contributed by atoms with Gasteiger partial charge in [0.2, 0.25) is 0 Å². The summed E-state index contributed by atoms with van der Waals surface area (Å²) in [4.78, 5) is 26.6. The first-order valence-electron chi connectivity index (χ1n) is 6.44. The molecule has 1 fully saturated rings. The number of esters is 1. The lowest BCUT2D eigenvalue weighted by Crippen LogP contribution is -2.28. The van der Waals surface area contributed by atoms with Crippen LogP contribution in [0, 0.1) is 12.8 Å². The van der Waals surface area contributed by atoms with Crippen molar-refractivity contribution in [3.63, 3.8) is 0 Å². The van der Waals surface area contributed by atoms with Crippen molar-refractivity contribution >= 4 is 5.97 Å². The van der Waals surface area contributed by atoms with Crippen LogP contribution < -0.4 is 10.3 Å². The average molecular weight is 264 g/mol. The fraction of sp³-hybridized carbons (Fsp3) is 0.615. The fourth-order valence-electron chi connectivity index (χ4n) is 2.92. The molecule has 0 spiro atoms. The second-order valence-corrected chi connectivity index (χ2v) is 5.26. The third-order valence-electron chi connectivity index (χ3n) is 3.83. The third-order valence-corrected chi connectivity index (χ3v) is 3.83. The number of carbonyl (C=O) groups is 1. The molecule has 2 heterocycles. The smallest absolute Gasteiger partial charge is 0.302 e. The molecule has 0 aromatic carbocycles. The van der Waals surface area contributed by atoms with Crippen LogP contribution in [0.1, 0.15) is 31.4 Å². The summed E-state index contributed by atoms with van der Waals surface area (Å²) in [5.74, 6) is -0.0864. The molecule has 3 atom stereocenters. The molecule has 1 aromatic rings. The van der Waals surface area contributed by atoms with Crippen LogP contribution in [0.5, 0.6) is 6.01 Å². The highest BCUT2D eigenvalue weighted by atomic mass is 16.5. The lowest BCUT2D eigenvalue weighted by atomic mass is 10.1. The highest BCUT2D eigenvalue weighted by Crippen LogP contribution is 2.40. The second-order valence-electron chi connectivity index (χ2n) is 5.26. The van der Waals surface area contributed by atoms with E-state index in [2.05, 4.69) is 4.98 Å². The molecule has 0 N–H and O–H groups in total. The molecule has 0 saturated heterocycles. The maximum atomic E-state index is 11.5. The van der Waals surface area contributed by atoms with E-state index in [1.165, 1.54) is 6.92 Å². The Hall–Kier alpha value is -1.85. The molecule has 6 nitrogen and oxygen atoms in total. The van der Waals surface area contributed by atoms with Gasteiger partial charge in [-0.15, -0.1) is 0 Å². The fourth-order valence-corrected chi connectivity index (χ4v) is 2.92. The van der Waals surface area contributed by atoms with Crippen LogP contribution in [0.4, 0.5) is 0 Å². The Kier molecular flexibility index (Phi) is 2.80. The van der Waals surface area contributed by atoms with Gasteiger partial charge in [-0.05, 0) is 13.3 Å². The summed E-state index contributed by atoms with van der Waals surface area (Å²) in [6.07, 6.45) is 3.32. The van der Waals surface area contributed by atoms with Gasteiger partial charge in [0.05, 0.1) is 6.61 Å². The van der Waals surface area contributed by atoms with Crippen molar-refractivity contribution in [1.82, 2.24) is 9.55 Å². The van der Waals surface area contributed by atoms with Gasteiger partial charge in [0.1, 0.15) is 6.10 Å². The zero-order chi connectivity index (χ0) is 13.6. The van der Waals surface area contributed by atoms with Crippen molar-refractivity contribution in [1.29, 1.82) is 0 Å². The topological polar surface area (TPSA) is 70.4 Å². The van der Waals surface area contributed by atoms with Crippen molar-refractivity contribution in [3.05, 3.63) is 22.1 Å². The van der Waals surface area contributed by atoms with Crippen molar-refractivity contribution in [3.8, 4) is 6.01 Å². The quantitative estimate of drug-likeness (QED) is 0.702. The van der Waals surface area contributed by atoms with Crippen molar-refractivity contribution in [2.45, 2.75) is 38.8 Å². The number of ether oxygens (including phenoxy) is 2. The first-order chi connectivity index (χ1) is 9.04. The SMILES string of the molecule is CC(=O)O[C@H]1C[C@H]2C[C@@H]1COc1nc(=O)c(C)cn12. The lowest BCUT2D eigenvalue weighted by Gasteiger charge is -2.22. The number of aromatic nitrogens is 2. The molecule has 19 heavy (non-hydrogen) atoms. The van der Waals surface area contributed by atoms with Gasteiger partial charge < -0.3 is 9.47 Å². The number of carbonyl (C=O) groups excluding carboxylic acids is 1. The van der Waals surface area contributed by atoms with E-state index < -0.39 is 0 Å². The van der Waals surface area contributed by atoms with Crippen molar-refractivity contribution < 1.29 is 14.3 Å². The molecule has 1 aliphatic heterocycles. The van der Waals surface area contributed by atoms with Gasteiger partial charge in [-0.1, -0.05) is 0 Å². The zero-order valence-corrected chi connectivity index (χ0v) is 11.0. The van der Waals surface area contributed by atoms with Gasteiger partial charge in [-0.25, -0.2) is 0 Å². The van der Waals surface area contributed by atoms with Gasteiger partial charge in [0, 0.05) is 37.1 Å². The van der Waals surface area contributed by atoms with Crippen LogP contribution in [0.25, 0.3) is 0 Å². The largest absolute Gasteiger partial charge is 0.464 e. The van der Waals surface area contributed by atoms with Crippen LogP contribution in [0.3, 0.4) is 0 Å². The summed E-state index contributed by atoms with van der Waals surface area (Å²) in [7, 11) is 0. The number of rotatable bonds is 1. The Morgan fingerprint density at radius 2 is 2.32 bits per heavy atom. The van der Waals surface area contributed by atoms with E-state index in [0.717, 1.165) is 12.8 Å². The zero-order valence-electron chi connectivity index (χ0n) is 11.0. The average Bonchev–Trinajstić information content (AvgIpc) is 2.63. The van der Waals surface area contributed by atoms with E-state index in [0.29, 0.717) is 18.2 Å². The minimum Gasteiger partial charge on any atom is -0.464 e. The molecular formula is C13H16N2O4. The maximum absolute atomic E-state index is 11.5. The molecule has 0 amide bonds. The summed E-state index contributed by atoms with van der Waals surface area (Å²) >= 11 is 0. The molecule has 2 aliphatic rings. The molecule has 1 aromatic heterocycles. The molecule has 1 saturated carbocycles. The first kappa shape index (κ1) is 12.2. The van der Waals surface area contributed by atoms with Crippen LogP contribution >= 0.6 is 0 Å². The number of hydrogen-bond donors (Lipinski definition) is 0. The lowest BCUT2D eigenvalue weighted by molar-refractivity contribution is -0.148. The van der Waals surface area contributed by atoms with E-state index in [4.69, 9.17) is 9.47 Å². The molecule has 1 aliphatic carbocycles. The van der Waals surface area contributed by atoms with E-state index >= 15 is 0 Å². The van der Waals surface area contributed by atoms with E-state index in [1.807, 2.05) is 4.57 Å². The van der Waals surface area contributed by atoms with Gasteiger partial charge in [-0.3, -0.25) is 14.2 Å². The van der Waals surface area contributed by atoms with E-state index in [-0.39, 0.29) is 29.6 Å². The van der Waals surface area contributed by atoms with E-state index in [9.17, 15) is 9.59 Å². The summed E-state index contributed by atoms with van der Waals surface area (Å²) < 4.78 is 12.8. The molecular weight excluding hydrogens is 248 g/mol. The predicted molar refractivity (Wildman–Crippen MR) is 66.0 cm³/mol. The second kappa shape index (κ2) is 4.36. The molecule has 102 valence electrons. The summed E-state index contributed by atoms with van der Waals surface area (Å²) in [5, 5.41) is 0. The molecule has 3 rings (SSSR count). The normalized spacial score (nSPS) is 28.2. The van der Waals surface area contributed by atoms with E-state index in [1.54, 1.807) is 13.1 Å². The summed E-state index contributed by atoms with van der Waals surface area (Å²) in [6, 6.07) is 0.558. The monoisotopic (exact) mass is 264 g/mol. The molecule has 6 heteroatoms. The number of hydrogen-bond acceptors (Lipinski definition) is 5. The predicted octanol–water partition coefficient (Wildman–Crippen LogP) is 0.827. The third kappa shape index (κ3) is 2.11. The highest BCUT2D eigenvalue weighted by Gasteiger charge is 2.41. The first-order valence-corrected chi connectivity index (χ1v) is 6.44. The van der Waals surface area contributed by atoms with Crippen LogP contribution in [0.2, 0.25) is 0 Å². The molecule has 2 bridgehead atoms. The highest BCUT2D eigenvalue weighted by molar-refractivity contribution is 5.66. The van der Waals surface area contributed by atoms with Crippen LogP contribution in [0.15, 0.2) is 11.0 Å². The van der Waals surface area contributed by atoms with Crippen molar-refractivity contribution in [2.24, 2.45) is 5.92 Å². The number of nitrogens with zero attached hydrogens (tertiary/aromatic N) is 2. The number of fused-ring (bicyclic) bond motifs is 4. The molecule has 0 radical (unpaired) electrons. The Morgan fingerprint density at radius 1 is 1.53 bits per heavy atom.